The molecular formula is C66H42N4O. The van der Waals surface area contributed by atoms with Crippen LogP contribution < -0.4 is 0 Å². The second-order valence-electron chi connectivity index (χ2n) is 19.0. The Balaban J connectivity index is 1.02. The van der Waals surface area contributed by atoms with Crippen molar-refractivity contribution in [3.05, 3.63) is 241 Å². The van der Waals surface area contributed by atoms with Gasteiger partial charge in [0.05, 0.1) is 11.0 Å². The van der Waals surface area contributed by atoms with Gasteiger partial charge in [0.15, 0.2) is 17.5 Å². The van der Waals surface area contributed by atoms with Crippen LogP contribution in [-0.2, 0) is 6.42 Å². The number of aromatic nitrogens is 4. The van der Waals surface area contributed by atoms with Crippen LogP contribution in [0.25, 0.3) is 127 Å². The van der Waals surface area contributed by atoms with E-state index in [1.807, 2.05) is 0 Å². The van der Waals surface area contributed by atoms with E-state index in [1.165, 1.54) is 44.0 Å². The first-order valence-corrected chi connectivity index (χ1v) is 24.5. The summed E-state index contributed by atoms with van der Waals surface area (Å²) in [6.45, 7) is 0. The Morgan fingerprint density at radius 1 is 0.423 bits per heavy atom. The Morgan fingerprint density at radius 3 is 1.93 bits per heavy atom. The highest BCUT2D eigenvalue weighted by Crippen LogP contribution is 2.47. The Labute approximate surface area is 409 Å². The standard InChI is InChI=1S/C66H42N4O/c1-2-20-48(21-3-1)70-59-28-13-12-25-53(59)54-26-14-27-56(62(54)70)65-67-64(46-30-29-40-15-4-5-17-42(40)36-46)68-66(69-65)58-38-47(39-60-61(58)55-34-31-41-16-8-9-22-50(41)63(55)71-60)49-33-32-45-35-43-18-6-7-19-44(43)37-57(45)52-24-11-10-23-51(49)52/h1-31,34-39,49H,32-33H2. The molecule has 0 saturated heterocycles. The predicted octanol–water partition coefficient (Wildman–Crippen LogP) is 17.1. The number of furan rings is 1. The third kappa shape index (κ3) is 6.29. The minimum Gasteiger partial charge on any atom is -0.455 e. The minimum absolute atomic E-state index is 0.0615. The molecule has 5 nitrogen and oxygen atoms in total. The van der Waals surface area contributed by atoms with Gasteiger partial charge in [-0.3, -0.25) is 0 Å². The van der Waals surface area contributed by atoms with Crippen molar-refractivity contribution in [3.8, 4) is 51.0 Å². The average Bonchev–Trinajstić information content (AvgIpc) is 3.94. The molecule has 15 rings (SSSR count). The fourth-order valence-corrected chi connectivity index (χ4v) is 11.7. The molecule has 11 aromatic carbocycles. The first kappa shape index (κ1) is 39.8. The summed E-state index contributed by atoms with van der Waals surface area (Å²) in [5.41, 5.74) is 14.1. The summed E-state index contributed by atoms with van der Waals surface area (Å²) in [5.74, 6) is 1.86. The van der Waals surface area contributed by atoms with E-state index in [0.29, 0.717) is 17.5 Å². The zero-order valence-electron chi connectivity index (χ0n) is 38.6. The first-order valence-electron chi connectivity index (χ1n) is 24.5. The summed E-state index contributed by atoms with van der Waals surface area (Å²) in [5, 5.41) is 11.3. The summed E-state index contributed by atoms with van der Waals surface area (Å²) >= 11 is 0. The topological polar surface area (TPSA) is 56.7 Å². The summed E-state index contributed by atoms with van der Waals surface area (Å²) in [6.07, 6.45) is 1.85. The summed E-state index contributed by atoms with van der Waals surface area (Å²) in [4.78, 5) is 16.7. The van der Waals surface area contributed by atoms with Gasteiger partial charge in [0.2, 0.25) is 0 Å². The molecule has 1 aliphatic carbocycles. The number of para-hydroxylation sites is 3. The zero-order chi connectivity index (χ0) is 46.6. The lowest BCUT2D eigenvalue weighted by molar-refractivity contribution is 0.668. The van der Waals surface area contributed by atoms with Crippen LogP contribution in [0.3, 0.4) is 0 Å². The van der Waals surface area contributed by atoms with E-state index in [9.17, 15) is 0 Å². The minimum atomic E-state index is 0.0615. The van der Waals surface area contributed by atoms with Crippen LogP contribution in [0.5, 0.6) is 0 Å². The molecule has 71 heavy (non-hydrogen) atoms. The number of aryl methyl sites for hydroxylation is 1. The molecule has 3 aromatic heterocycles. The van der Waals surface area contributed by atoms with E-state index in [2.05, 4.69) is 229 Å². The van der Waals surface area contributed by atoms with Crippen LogP contribution in [0, 0.1) is 0 Å². The number of fused-ring (bicyclic) bond motifs is 13. The predicted molar refractivity (Wildman–Crippen MR) is 292 cm³/mol. The quantitative estimate of drug-likeness (QED) is 0.173. The SMILES string of the molecule is c1ccc(-n2c3ccccc3c3cccc(-c4nc(-c5ccc6ccccc6c5)nc(-c5cc(C6CCc7cc8ccccc8cc7-c7ccccc76)cc6oc7c8ccccc8ccc7c56)n4)c32)cc1. The van der Waals surface area contributed by atoms with Crippen LogP contribution in [0.4, 0.5) is 0 Å². The molecule has 14 aromatic rings. The van der Waals surface area contributed by atoms with E-state index in [4.69, 9.17) is 19.4 Å². The normalized spacial score (nSPS) is 13.7. The molecule has 0 fully saturated rings. The number of hydrogen-bond acceptors (Lipinski definition) is 4. The lowest BCUT2D eigenvalue weighted by Crippen LogP contribution is -2.05. The third-order valence-corrected chi connectivity index (χ3v) is 15.0. The van der Waals surface area contributed by atoms with Gasteiger partial charge in [0, 0.05) is 55.2 Å². The molecule has 0 aliphatic heterocycles. The Bertz CT molecular complexity index is 4490. The molecule has 0 saturated carbocycles. The number of benzene rings is 11. The van der Waals surface area contributed by atoms with Gasteiger partial charge in [-0.15, -0.1) is 0 Å². The highest BCUT2D eigenvalue weighted by Gasteiger charge is 2.28. The summed E-state index contributed by atoms with van der Waals surface area (Å²) in [6, 6.07) is 80.8. The number of nitrogens with zero attached hydrogens (tertiary/aromatic N) is 4. The van der Waals surface area contributed by atoms with E-state index < -0.39 is 0 Å². The lowest BCUT2D eigenvalue weighted by atomic mass is 9.84. The Morgan fingerprint density at radius 2 is 1.07 bits per heavy atom. The van der Waals surface area contributed by atoms with E-state index in [0.717, 1.165) is 95.1 Å². The van der Waals surface area contributed by atoms with E-state index >= 15 is 0 Å². The van der Waals surface area contributed by atoms with Crippen molar-refractivity contribution >= 4 is 76.1 Å². The van der Waals surface area contributed by atoms with Crippen molar-refractivity contribution in [1.82, 2.24) is 19.5 Å². The van der Waals surface area contributed by atoms with Crippen LogP contribution in [0.1, 0.15) is 29.0 Å². The van der Waals surface area contributed by atoms with Crippen LogP contribution >= 0.6 is 0 Å². The smallest absolute Gasteiger partial charge is 0.166 e. The Hall–Kier alpha value is -9.19. The van der Waals surface area contributed by atoms with Crippen LogP contribution in [0.2, 0.25) is 0 Å². The molecule has 5 heteroatoms. The van der Waals surface area contributed by atoms with Gasteiger partial charge in [-0.05, 0) is 122 Å². The molecule has 0 radical (unpaired) electrons. The largest absolute Gasteiger partial charge is 0.455 e. The van der Waals surface area contributed by atoms with E-state index in [-0.39, 0.29) is 5.92 Å². The van der Waals surface area contributed by atoms with Crippen molar-refractivity contribution in [1.29, 1.82) is 0 Å². The fraction of sp³-hybridized carbons (Fsp3) is 0.0455. The second kappa shape index (κ2) is 15.7. The maximum atomic E-state index is 7.15. The molecule has 1 atom stereocenters. The van der Waals surface area contributed by atoms with Crippen LogP contribution in [0.15, 0.2) is 229 Å². The molecule has 332 valence electrons. The first-order chi connectivity index (χ1) is 35.2. The Kier molecular flexibility index (Phi) is 8.78. The monoisotopic (exact) mass is 906 g/mol. The molecule has 0 spiro atoms. The van der Waals surface area contributed by atoms with Gasteiger partial charge >= 0.3 is 0 Å². The maximum absolute atomic E-state index is 7.15. The summed E-state index contributed by atoms with van der Waals surface area (Å²) in [7, 11) is 0. The van der Waals surface area contributed by atoms with Crippen molar-refractivity contribution in [2.45, 2.75) is 18.8 Å². The zero-order valence-corrected chi connectivity index (χ0v) is 38.6. The molecule has 1 aliphatic rings. The van der Waals surface area contributed by atoms with Crippen molar-refractivity contribution in [2.75, 3.05) is 0 Å². The van der Waals surface area contributed by atoms with Gasteiger partial charge in [-0.1, -0.05) is 170 Å². The fourth-order valence-electron chi connectivity index (χ4n) is 11.7. The number of hydrogen-bond donors (Lipinski definition) is 0. The third-order valence-electron chi connectivity index (χ3n) is 15.0. The lowest BCUT2D eigenvalue weighted by Gasteiger charge is -2.20. The highest BCUT2D eigenvalue weighted by molar-refractivity contribution is 6.19. The van der Waals surface area contributed by atoms with Gasteiger partial charge in [0.25, 0.3) is 0 Å². The van der Waals surface area contributed by atoms with Gasteiger partial charge < -0.3 is 8.98 Å². The van der Waals surface area contributed by atoms with E-state index in [1.54, 1.807) is 0 Å². The maximum Gasteiger partial charge on any atom is 0.166 e. The molecule has 0 amide bonds. The average molecular weight is 907 g/mol. The molecule has 1 unspecified atom stereocenters. The molecular weight excluding hydrogens is 865 g/mol. The van der Waals surface area contributed by atoms with Crippen molar-refractivity contribution < 1.29 is 4.42 Å². The van der Waals surface area contributed by atoms with Gasteiger partial charge in [0.1, 0.15) is 11.2 Å². The summed E-state index contributed by atoms with van der Waals surface area (Å²) < 4.78 is 9.51. The molecule has 3 heterocycles. The van der Waals surface area contributed by atoms with Crippen LogP contribution in [-0.4, -0.2) is 19.5 Å². The van der Waals surface area contributed by atoms with Gasteiger partial charge in [-0.2, -0.15) is 0 Å². The second-order valence-corrected chi connectivity index (χ2v) is 19.0. The highest BCUT2D eigenvalue weighted by atomic mass is 16.3. The molecule has 0 bridgehead atoms. The van der Waals surface area contributed by atoms with Gasteiger partial charge in [-0.25, -0.2) is 15.0 Å². The molecule has 0 N–H and O–H groups in total. The van der Waals surface area contributed by atoms with Crippen molar-refractivity contribution in [2.24, 2.45) is 0 Å². The number of rotatable bonds is 5. The van der Waals surface area contributed by atoms with Crippen molar-refractivity contribution in [3.63, 3.8) is 0 Å².